The molecular formula is C13H16N4O. The van der Waals surface area contributed by atoms with E-state index in [1.807, 2.05) is 18.2 Å². The quantitative estimate of drug-likeness (QED) is 0.844. The van der Waals surface area contributed by atoms with Crippen molar-refractivity contribution in [2.24, 2.45) is 0 Å². The molecule has 1 amide bonds. The number of hydrogen-bond acceptors (Lipinski definition) is 3. The molecule has 0 unspecified atom stereocenters. The van der Waals surface area contributed by atoms with Crippen LogP contribution in [0.25, 0.3) is 0 Å². The first-order chi connectivity index (χ1) is 8.78. The second-order valence-electron chi connectivity index (χ2n) is 4.11. The molecule has 2 aromatic rings. The summed E-state index contributed by atoms with van der Waals surface area (Å²) in [6, 6.07) is 5.56. The highest BCUT2D eigenvalue weighted by Crippen LogP contribution is 2.08. The molecule has 0 fully saturated rings. The number of nitrogens with zero attached hydrogens (tertiary/aromatic N) is 2. The molecular weight excluding hydrogens is 228 g/mol. The minimum Gasteiger partial charge on any atom is -0.309 e. The van der Waals surface area contributed by atoms with Crippen LogP contribution in [0, 0.1) is 0 Å². The van der Waals surface area contributed by atoms with Gasteiger partial charge in [-0.25, -0.2) is 0 Å². The Kier molecular flexibility index (Phi) is 4.06. The van der Waals surface area contributed by atoms with E-state index in [0.717, 1.165) is 24.1 Å². The smallest absolute Gasteiger partial charge is 0.230 e. The van der Waals surface area contributed by atoms with E-state index in [4.69, 9.17) is 0 Å². The Bertz CT molecular complexity index is 507. The number of aromatic amines is 1. The molecule has 0 atom stereocenters. The number of rotatable bonds is 5. The minimum absolute atomic E-state index is 0.0856. The number of H-pyrrole nitrogens is 1. The van der Waals surface area contributed by atoms with Crippen molar-refractivity contribution in [3.8, 4) is 0 Å². The van der Waals surface area contributed by atoms with Crippen LogP contribution in [0.3, 0.4) is 0 Å². The van der Waals surface area contributed by atoms with Gasteiger partial charge in [-0.3, -0.25) is 14.9 Å². The Labute approximate surface area is 106 Å². The van der Waals surface area contributed by atoms with Crippen LogP contribution in [0.1, 0.15) is 24.6 Å². The van der Waals surface area contributed by atoms with E-state index < -0.39 is 0 Å². The van der Waals surface area contributed by atoms with Crippen LogP contribution >= 0.6 is 0 Å². The second-order valence-corrected chi connectivity index (χ2v) is 4.11. The van der Waals surface area contributed by atoms with Gasteiger partial charge < -0.3 is 5.32 Å². The molecule has 0 saturated heterocycles. The largest absolute Gasteiger partial charge is 0.309 e. The van der Waals surface area contributed by atoms with Gasteiger partial charge in [-0.15, -0.1) is 0 Å². The molecule has 0 aromatic carbocycles. The monoisotopic (exact) mass is 244 g/mol. The van der Waals surface area contributed by atoms with E-state index in [1.165, 1.54) is 0 Å². The van der Waals surface area contributed by atoms with Crippen molar-refractivity contribution in [1.29, 1.82) is 0 Å². The van der Waals surface area contributed by atoms with E-state index in [-0.39, 0.29) is 5.91 Å². The molecule has 0 radical (unpaired) electrons. The van der Waals surface area contributed by atoms with E-state index in [0.29, 0.717) is 12.2 Å². The second kappa shape index (κ2) is 5.95. The molecule has 18 heavy (non-hydrogen) atoms. The summed E-state index contributed by atoms with van der Waals surface area (Å²) in [5.74, 6) is 0.491. The van der Waals surface area contributed by atoms with E-state index in [1.54, 1.807) is 12.4 Å². The predicted molar refractivity (Wildman–Crippen MR) is 69.2 cm³/mol. The van der Waals surface area contributed by atoms with Gasteiger partial charge in [0.25, 0.3) is 0 Å². The van der Waals surface area contributed by atoms with Crippen LogP contribution in [0.15, 0.2) is 30.6 Å². The third-order valence-corrected chi connectivity index (χ3v) is 2.51. The van der Waals surface area contributed by atoms with Crippen molar-refractivity contribution >= 4 is 11.7 Å². The van der Waals surface area contributed by atoms with Gasteiger partial charge in [0.05, 0.1) is 6.42 Å². The Hall–Kier alpha value is -2.17. The zero-order valence-electron chi connectivity index (χ0n) is 10.3. The normalized spacial score (nSPS) is 10.3. The molecule has 5 heteroatoms. The molecule has 2 N–H and O–H groups in total. The predicted octanol–water partition coefficient (Wildman–Crippen LogP) is 1.94. The molecule has 0 aliphatic carbocycles. The van der Waals surface area contributed by atoms with Gasteiger partial charge in [-0.1, -0.05) is 19.4 Å². The third-order valence-electron chi connectivity index (χ3n) is 2.51. The van der Waals surface area contributed by atoms with Gasteiger partial charge in [0.2, 0.25) is 5.91 Å². The SMILES string of the molecule is CCCc1cc(NC(=O)Cc2cccnc2)n[nH]1. The van der Waals surface area contributed by atoms with Gasteiger partial charge in [-0.2, -0.15) is 5.10 Å². The third kappa shape index (κ3) is 3.41. The molecule has 5 nitrogen and oxygen atoms in total. The highest BCUT2D eigenvalue weighted by molar-refractivity contribution is 5.91. The van der Waals surface area contributed by atoms with E-state index >= 15 is 0 Å². The van der Waals surface area contributed by atoms with Crippen molar-refractivity contribution < 1.29 is 4.79 Å². The zero-order chi connectivity index (χ0) is 12.8. The number of amides is 1. The molecule has 2 aromatic heterocycles. The lowest BCUT2D eigenvalue weighted by molar-refractivity contribution is -0.115. The average Bonchev–Trinajstić information content (AvgIpc) is 2.78. The van der Waals surface area contributed by atoms with Gasteiger partial charge >= 0.3 is 0 Å². The lowest BCUT2D eigenvalue weighted by Gasteiger charge is -2.01. The summed E-state index contributed by atoms with van der Waals surface area (Å²) >= 11 is 0. The number of carbonyl (C=O) groups excluding carboxylic acids is 1. The molecule has 2 rings (SSSR count). The maximum atomic E-state index is 11.8. The zero-order valence-corrected chi connectivity index (χ0v) is 10.3. The Balaban J connectivity index is 1.90. The topological polar surface area (TPSA) is 70.7 Å². The van der Waals surface area contributed by atoms with E-state index in [2.05, 4.69) is 27.4 Å². The van der Waals surface area contributed by atoms with Crippen molar-refractivity contribution in [3.05, 3.63) is 41.9 Å². The molecule has 0 aliphatic rings. The summed E-state index contributed by atoms with van der Waals surface area (Å²) in [5, 5.41) is 9.70. The Morgan fingerprint density at radius 1 is 1.50 bits per heavy atom. The van der Waals surface area contributed by atoms with Crippen LogP contribution in [-0.4, -0.2) is 21.1 Å². The van der Waals surface area contributed by atoms with Gasteiger partial charge in [0.15, 0.2) is 5.82 Å². The van der Waals surface area contributed by atoms with Crippen LogP contribution in [0.5, 0.6) is 0 Å². The summed E-state index contributed by atoms with van der Waals surface area (Å²) < 4.78 is 0. The molecule has 0 aliphatic heterocycles. The highest BCUT2D eigenvalue weighted by atomic mass is 16.1. The minimum atomic E-state index is -0.0856. The van der Waals surface area contributed by atoms with Crippen LogP contribution < -0.4 is 5.32 Å². The Morgan fingerprint density at radius 2 is 2.39 bits per heavy atom. The lowest BCUT2D eigenvalue weighted by atomic mass is 10.2. The first kappa shape index (κ1) is 12.3. The van der Waals surface area contributed by atoms with Crippen molar-refractivity contribution in [1.82, 2.24) is 15.2 Å². The fourth-order valence-electron chi connectivity index (χ4n) is 1.70. The van der Waals surface area contributed by atoms with Crippen LogP contribution in [0.2, 0.25) is 0 Å². The number of aromatic nitrogens is 3. The number of hydrogen-bond donors (Lipinski definition) is 2. The highest BCUT2D eigenvalue weighted by Gasteiger charge is 2.06. The summed E-state index contributed by atoms with van der Waals surface area (Å²) in [5.41, 5.74) is 1.92. The lowest BCUT2D eigenvalue weighted by Crippen LogP contribution is -2.14. The number of carbonyl (C=O) groups is 1. The fourth-order valence-corrected chi connectivity index (χ4v) is 1.70. The fraction of sp³-hybridized carbons (Fsp3) is 0.308. The van der Waals surface area contributed by atoms with Gasteiger partial charge in [-0.05, 0) is 18.1 Å². The van der Waals surface area contributed by atoms with E-state index in [9.17, 15) is 4.79 Å². The maximum absolute atomic E-state index is 11.8. The number of nitrogens with one attached hydrogen (secondary N) is 2. The molecule has 0 bridgehead atoms. The van der Waals surface area contributed by atoms with Gasteiger partial charge in [0.1, 0.15) is 0 Å². The average molecular weight is 244 g/mol. The van der Waals surface area contributed by atoms with Crippen molar-refractivity contribution in [2.75, 3.05) is 5.32 Å². The van der Waals surface area contributed by atoms with Gasteiger partial charge in [0, 0.05) is 24.2 Å². The molecule has 2 heterocycles. The van der Waals surface area contributed by atoms with Crippen LogP contribution in [-0.2, 0) is 17.6 Å². The molecule has 0 saturated carbocycles. The first-order valence-electron chi connectivity index (χ1n) is 6.01. The molecule has 0 spiro atoms. The Morgan fingerprint density at radius 3 is 3.11 bits per heavy atom. The summed E-state index contributed by atoms with van der Waals surface area (Å²) in [4.78, 5) is 15.7. The maximum Gasteiger partial charge on any atom is 0.230 e. The van der Waals surface area contributed by atoms with Crippen molar-refractivity contribution in [2.45, 2.75) is 26.2 Å². The number of aryl methyl sites for hydroxylation is 1. The summed E-state index contributed by atoms with van der Waals surface area (Å²) in [7, 11) is 0. The molecule has 94 valence electrons. The van der Waals surface area contributed by atoms with Crippen LogP contribution in [0.4, 0.5) is 5.82 Å². The first-order valence-corrected chi connectivity index (χ1v) is 6.01. The standard InChI is InChI=1S/C13H16N4O/c1-2-4-11-8-12(17-16-11)15-13(18)7-10-5-3-6-14-9-10/h3,5-6,8-9H,2,4,7H2,1H3,(H2,15,16,17,18). The summed E-state index contributed by atoms with van der Waals surface area (Å²) in [6.07, 6.45) is 5.67. The number of pyridine rings is 1. The van der Waals surface area contributed by atoms with Crippen molar-refractivity contribution in [3.63, 3.8) is 0 Å². The number of anilines is 1. The summed E-state index contributed by atoms with van der Waals surface area (Å²) in [6.45, 7) is 2.10.